The van der Waals surface area contributed by atoms with Crippen molar-refractivity contribution < 1.29 is 9.18 Å². The van der Waals surface area contributed by atoms with Crippen molar-refractivity contribution in [2.24, 2.45) is 0 Å². The van der Waals surface area contributed by atoms with E-state index in [1.807, 2.05) is 12.1 Å². The number of aryl methyl sites for hydroxylation is 1. The van der Waals surface area contributed by atoms with Gasteiger partial charge in [-0.3, -0.25) is 9.69 Å². The molecular formula is C16H13ClFNOS. The quantitative estimate of drug-likeness (QED) is 0.807. The number of nitrogens with zero attached hydrogens (tertiary/aromatic N) is 1. The van der Waals surface area contributed by atoms with Crippen molar-refractivity contribution in [3.8, 4) is 0 Å². The van der Waals surface area contributed by atoms with Crippen molar-refractivity contribution in [1.29, 1.82) is 0 Å². The van der Waals surface area contributed by atoms with Crippen molar-refractivity contribution in [3.05, 3.63) is 64.4 Å². The molecule has 0 radical (unpaired) electrons. The second-order valence-electron chi connectivity index (χ2n) is 4.91. The fourth-order valence-electron chi connectivity index (χ4n) is 2.31. The first-order valence-electron chi connectivity index (χ1n) is 6.51. The summed E-state index contributed by atoms with van der Waals surface area (Å²) in [6.45, 7) is 1.70. The lowest BCUT2D eigenvalue weighted by molar-refractivity contribution is -0.115. The normalized spacial score (nSPS) is 18.3. The zero-order valence-corrected chi connectivity index (χ0v) is 12.9. The van der Waals surface area contributed by atoms with Crippen molar-refractivity contribution in [3.63, 3.8) is 0 Å². The van der Waals surface area contributed by atoms with E-state index in [1.165, 1.54) is 17.8 Å². The highest BCUT2D eigenvalue weighted by molar-refractivity contribution is 8.00. The Morgan fingerprint density at radius 2 is 1.95 bits per heavy atom. The number of benzene rings is 2. The van der Waals surface area contributed by atoms with E-state index in [1.54, 1.807) is 36.1 Å². The molecule has 5 heteroatoms. The highest BCUT2D eigenvalue weighted by atomic mass is 35.5. The first-order valence-corrected chi connectivity index (χ1v) is 7.94. The Kier molecular flexibility index (Phi) is 3.91. The molecule has 2 aromatic carbocycles. The molecule has 1 saturated heterocycles. The molecular weight excluding hydrogens is 309 g/mol. The zero-order chi connectivity index (χ0) is 15.0. The summed E-state index contributed by atoms with van der Waals surface area (Å²) in [5.74, 6) is 0.0817. The summed E-state index contributed by atoms with van der Waals surface area (Å²) in [5.41, 5.74) is 2.14. The Bertz CT molecular complexity index is 689. The molecule has 1 aliphatic heterocycles. The number of carbonyl (C=O) groups excluding carboxylic acids is 1. The first-order chi connectivity index (χ1) is 10.1. The van der Waals surface area contributed by atoms with Gasteiger partial charge in [-0.15, -0.1) is 11.8 Å². The van der Waals surface area contributed by atoms with E-state index >= 15 is 0 Å². The van der Waals surface area contributed by atoms with Gasteiger partial charge >= 0.3 is 0 Å². The third-order valence-electron chi connectivity index (χ3n) is 3.46. The minimum absolute atomic E-state index is 0.0109. The Balaban J connectivity index is 1.99. The standard InChI is InChI=1S/C16H13ClFNOS/c1-10-2-7-13(8-14(10)18)19-15(20)9-21-16(19)11-3-5-12(17)6-4-11/h2-8,16H,9H2,1H3/t16-/m1/s1. The van der Waals surface area contributed by atoms with E-state index in [0.717, 1.165) is 5.56 Å². The lowest BCUT2D eigenvalue weighted by atomic mass is 10.1. The Hall–Kier alpha value is -1.52. The van der Waals surface area contributed by atoms with Gasteiger partial charge < -0.3 is 0 Å². The van der Waals surface area contributed by atoms with E-state index in [-0.39, 0.29) is 17.1 Å². The average Bonchev–Trinajstić information content (AvgIpc) is 2.85. The van der Waals surface area contributed by atoms with Gasteiger partial charge in [0.15, 0.2) is 0 Å². The third kappa shape index (κ3) is 2.78. The second-order valence-corrected chi connectivity index (χ2v) is 6.42. The van der Waals surface area contributed by atoms with Crippen LogP contribution in [0.2, 0.25) is 5.02 Å². The molecule has 0 bridgehead atoms. The molecule has 0 saturated carbocycles. The molecule has 0 spiro atoms. The topological polar surface area (TPSA) is 20.3 Å². The van der Waals surface area contributed by atoms with Crippen molar-refractivity contribution in [1.82, 2.24) is 0 Å². The highest BCUT2D eigenvalue weighted by Crippen LogP contribution is 2.42. The number of anilines is 1. The molecule has 108 valence electrons. The van der Waals surface area contributed by atoms with Crippen LogP contribution < -0.4 is 4.90 Å². The molecule has 1 aliphatic rings. The number of rotatable bonds is 2. The average molecular weight is 322 g/mol. The molecule has 1 fully saturated rings. The fraction of sp³-hybridized carbons (Fsp3) is 0.188. The fourth-order valence-corrected chi connectivity index (χ4v) is 3.61. The smallest absolute Gasteiger partial charge is 0.238 e. The lowest BCUT2D eigenvalue weighted by Crippen LogP contribution is -2.27. The molecule has 0 aliphatic carbocycles. The summed E-state index contributed by atoms with van der Waals surface area (Å²) in [6, 6.07) is 12.3. The molecule has 2 aromatic rings. The predicted molar refractivity (Wildman–Crippen MR) is 85.3 cm³/mol. The van der Waals surface area contributed by atoms with Gasteiger partial charge in [-0.2, -0.15) is 0 Å². The minimum Gasteiger partial charge on any atom is -0.295 e. The van der Waals surface area contributed by atoms with Crippen LogP contribution in [0.4, 0.5) is 10.1 Å². The van der Waals surface area contributed by atoms with Gasteiger partial charge in [0.2, 0.25) is 5.91 Å². The van der Waals surface area contributed by atoms with E-state index in [0.29, 0.717) is 22.0 Å². The summed E-state index contributed by atoms with van der Waals surface area (Å²) >= 11 is 7.43. The highest BCUT2D eigenvalue weighted by Gasteiger charge is 2.34. The van der Waals surface area contributed by atoms with Crippen LogP contribution in [0.3, 0.4) is 0 Å². The Morgan fingerprint density at radius 1 is 1.24 bits per heavy atom. The number of carbonyl (C=O) groups is 1. The van der Waals surface area contributed by atoms with E-state index in [2.05, 4.69) is 0 Å². The van der Waals surface area contributed by atoms with Crippen LogP contribution in [-0.2, 0) is 4.79 Å². The maximum atomic E-state index is 13.8. The predicted octanol–water partition coefficient (Wildman–Crippen LogP) is 4.57. The van der Waals surface area contributed by atoms with Gasteiger partial charge in [0.05, 0.1) is 5.75 Å². The molecule has 1 atom stereocenters. The van der Waals surface area contributed by atoms with Crippen LogP contribution in [0.1, 0.15) is 16.5 Å². The van der Waals surface area contributed by atoms with Crippen LogP contribution in [0.15, 0.2) is 42.5 Å². The maximum absolute atomic E-state index is 13.8. The number of halogens is 2. The maximum Gasteiger partial charge on any atom is 0.238 e. The van der Waals surface area contributed by atoms with E-state index < -0.39 is 0 Å². The molecule has 1 heterocycles. The molecule has 2 nitrogen and oxygen atoms in total. The summed E-state index contributed by atoms with van der Waals surface area (Å²) in [4.78, 5) is 13.8. The number of amides is 1. The van der Waals surface area contributed by atoms with Gasteiger partial charge in [-0.05, 0) is 42.3 Å². The Morgan fingerprint density at radius 3 is 2.62 bits per heavy atom. The molecule has 0 N–H and O–H groups in total. The van der Waals surface area contributed by atoms with Crippen molar-refractivity contribution >= 4 is 35.0 Å². The van der Waals surface area contributed by atoms with Crippen LogP contribution in [0, 0.1) is 12.7 Å². The van der Waals surface area contributed by atoms with Gasteiger partial charge in [0.1, 0.15) is 11.2 Å². The largest absolute Gasteiger partial charge is 0.295 e. The van der Waals surface area contributed by atoms with E-state index in [9.17, 15) is 9.18 Å². The van der Waals surface area contributed by atoms with E-state index in [4.69, 9.17) is 11.6 Å². The van der Waals surface area contributed by atoms with Gasteiger partial charge in [0, 0.05) is 10.7 Å². The third-order valence-corrected chi connectivity index (χ3v) is 4.92. The van der Waals surface area contributed by atoms with Crippen molar-refractivity contribution in [2.45, 2.75) is 12.3 Å². The molecule has 0 unspecified atom stereocenters. The second kappa shape index (κ2) is 5.70. The van der Waals surface area contributed by atoms with Crippen LogP contribution in [0.5, 0.6) is 0 Å². The monoisotopic (exact) mass is 321 g/mol. The molecule has 1 amide bonds. The zero-order valence-electron chi connectivity index (χ0n) is 11.3. The molecule has 21 heavy (non-hydrogen) atoms. The summed E-state index contributed by atoms with van der Waals surface area (Å²) < 4.78 is 13.8. The van der Waals surface area contributed by atoms with Crippen LogP contribution >= 0.6 is 23.4 Å². The summed E-state index contributed by atoms with van der Waals surface area (Å²) in [6.07, 6.45) is 0. The van der Waals surface area contributed by atoms with Crippen LogP contribution in [0.25, 0.3) is 0 Å². The Labute approximate surface area is 131 Å². The number of hydrogen-bond acceptors (Lipinski definition) is 2. The number of thioether (sulfide) groups is 1. The minimum atomic E-state index is -0.299. The SMILES string of the molecule is Cc1ccc(N2C(=O)CS[C@@H]2c2ccc(Cl)cc2)cc1F. The van der Waals surface area contributed by atoms with Gasteiger partial charge in [-0.1, -0.05) is 29.8 Å². The van der Waals surface area contributed by atoms with Gasteiger partial charge in [0.25, 0.3) is 0 Å². The van der Waals surface area contributed by atoms with Crippen molar-refractivity contribution in [2.75, 3.05) is 10.7 Å². The molecule has 3 rings (SSSR count). The first kappa shape index (κ1) is 14.4. The summed E-state index contributed by atoms with van der Waals surface area (Å²) in [5, 5.41) is 0.512. The van der Waals surface area contributed by atoms with Gasteiger partial charge in [-0.25, -0.2) is 4.39 Å². The lowest BCUT2D eigenvalue weighted by Gasteiger charge is -2.24. The van der Waals surface area contributed by atoms with Crippen LogP contribution in [-0.4, -0.2) is 11.7 Å². The number of hydrogen-bond donors (Lipinski definition) is 0. The summed E-state index contributed by atoms with van der Waals surface area (Å²) in [7, 11) is 0. The molecule has 0 aromatic heterocycles.